The van der Waals surface area contributed by atoms with Crippen LogP contribution in [0.4, 0.5) is 5.69 Å². The molecule has 0 radical (unpaired) electrons. The van der Waals surface area contributed by atoms with Gasteiger partial charge in [0.05, 0.1) is 24.2 Å². The predicted molar refractivity (Wildman–Crippen MR) is 102 cm³/mol. The van der Waals surface area contributed by atoms with Crippen LogP contribution in [-0.2, 0) is 17.9 Å². The molecule has 130 valence electrons. The Morgan fingerprint density at radius 1 is 1.20 bits per heavy atom. The van der Waals surface area contributed by atoms with Crippen LogP contribution in [0.5, 0.6) is 0 Å². The summed E-state index contributed by atoms with van der Waals surface area (Å²) in [5.74, 6) is 1.37. The third-order valence-corrected chi connectivity index (χ3v) is 4.03. The number of ether oxygens (including phenoxy) is 1. The lowest BCUT2D eigenvalue weighted by molar-refractivity contribution is 0.185. The highest BCUT2D eigenvalue weighted by Crippen LogP contribution is 2.16. The molecule has 25 heavy (non-hydrogen) atoms. The van der Waals surface area contributed by atoms with Crippen molar-refractivity contribution in [3.05, 3.63) is 59.9 Å². The van der Waals surface area contributed by atoms with Crippen LogP contribution in [0.2, 0.25) is 0 Å². The SMILES string of the molecule is COCc1ccccc1NC(N)=NCCn1c(C)nc2ccccc21. The average Bonchev–Trinajstić information content (AvgIpc) is 2.93. The number of nitrogens with one attached hydrogen (secondary N) is 1. The Morgan fingerprint density at radius 2 is 1.96 bits per heavy atom. The maximum atomic E-state index is 6.03. The molecular formula is C19H23N5O. The number of para-hydroxylation sites is 3. The van der Waals surface area contributed by atoms with Crippen molar-refractivity contribution in [2.75, 3.05) is 19.0 Å². The molecule has 6 heteroatoms. The van der Waals surface area contributed by atoms with Crippen molar-refractivity contribution in [2.24, 2.45) is 10.7 Å². The van der Waals surface area contributed by atoms with Crippen LogP contribution in [0.25, 0.3) is 11.0 Å². The summed E-state index contributed by atoms with van der Waals surface area (Å²) in [5, 5.41) is 3.15. The Kier molecular flexibility index (Phi) is 5.30. The topological polar surface area (TPSA) is 77.5 Å². The average molecular weight is 337 g/mol. The van der Waals surface area contributed by atoms with Crippen molar-refractivity contribution in [1.29, 1.82) is 0 Å². The van der Waals surface area contributed by atoms with E-state index in [4.69, 9.17) is 10.5 Å². The molecule has 0 unspecified atom stereocenters. The second-order valence-corrected chi connectivity index (χ2v) is 5.78. The molecule has 6 nitrogen and oxygen atoms in total. The molecule has 1 heterocycles. The van der Waals surface area contributed by atoms with Crippen LogP contribution in [0, 0.1) is 6.92 Å². The quantitative estimate of drug-likeness (QED) is 0.535. The van der Waals surface area contributed by atoms with Crippen molar-refractivity contribution in [3.63, 3.8) is 0 Å². The maximum absolute atomic E-state index is 6.03. The summed E-state index contributed by atoms with van der Waals surface area (Å²) < 4.78 is 7.36. The molecular weight excluding hydrogens is 314 g/mol. The summed E-state index contributed by atoms with van der Waals surface area (Å²) in [7, 11) is 1.67. The van der Waals surface area contributed by atoms with Gasteiger partial charge in [0.25, 0.3) is 0 Å². The number of rotatable bonds is 6. The van der Waals surface area contributed by atoms with Gasteiger partial charge in [0.1, 0.15) is 5.82 Å². The Bertz CT molecular complexity index is 884. The van der Waals surface area contributed by atoms with Gasteiger partial charge in [0, 0.05) is 24.9 Å². The van der Waals surface area contributed by atoms with Crippen LogP contribution in [0.3, 0.4) is 0 Å². The van der Waals surface area contributed by atoms with Crippen LogP contribution in [0.15, 0.2) is 53.5 Å². The van der Waals surface area contributed by atoms with E-state index in [0.717, 1.165) is 34.7 Å². The Hall–Kier alpha value is -2.86. The van der Waals surface area contributed by atoms with E-state index in [-0.39, 0.29) is 0 Å². The van der Waals surface area contributed by atoms with Crippen molar-refractivity contribution >= 4 is 22.7 Å². The van der Waals surface area contributed by atoms with Gasteiger partial charge in [0.2, 0.25) is 0 Å². The number of aryl methyl sites for hydroxylation is 1. The van der Waals surface area contributed by atoms with E-state index >= 15 is 0 Å². The highest BCUT2D eigenvalue weighted by Gasteiger charge is 2.06. The molecule has 1 aromatic heterocycles. The number of fused-ring (bicyclic) bond motifs is 1. The lowest BCUT2D eigenvalue weighted by Crippen LogP contribution is -2.24. The van der Waals surface area contributed by atoms with Gasteiger partial charge in [-0.05, 0) is 25.1 Å². The minimum absolute atomic E-state index is 0.394. The van der Waals surface area contributed by atoms with Crippen LogP contribution in [-0.4, -0.2) is 29.2 Å². The molecule has 0 fully saturated rings. The lowest BCUT2D eigenvalue weighted by atomic mass is 10.2. The second kappa shape index (κ2) is 7.81. The van der Waals surface area contributed by atoms with Crippen molar-refractivity contribution in [3.8, 4) is 0 Å². The Morgan fingerprint density at radius 3 is 2.80 bits per heavy atom. The smallest absolute Gasteiger partial charge is 0.193 e. The first-order chi connectivity index (χ1) is 12.2. The first-order valence-electron chi connectivity index (χ1n) is 8.24. The lowest BCUT2D eigenvalue weighted by Gasteiger charge is -2.11. The fraction of sp³-hybridized carbons (Fsp3) is 0.263. The van der Waals surface area contributed by atoms with Gasteiger partial charge in [-0.1, -0.05) is 30.3 Å². The van der Waals surface area contributed by atoms with E-state index in [9.17, 15) is 0 Å². The molecule has 2 aromatic carbocycles. The summed E-state index contributed by atoms with van der Waals surface area (Å²) >= 11 is 0. The molecule has 0 bridgehead atoms. The van der Waals surface area contributed by atoms with Gasteiger partial charge in [-0.25, -0.2) is 4.98 Å². The maximum Gasteiger partial charge on any atom is 0.193 e. The predicted octanol–water partition coefficient (Wildman–Crippen LogP) is 2.92. The number of nitrogens with two attached hydrogens (primary N) is 1. The van der Waals surface area contributed by atoms with Gasteiger partial charge < -0.3 is 20.4 Å². The van der Waals surface area contributed by atoms with Crippen LogP contribution >= 0.6 is 0 Å². The van der Waals surface area contributed by atoms with E-state index in [0.29, 0.717) is 19.1 Å². The molecule has 0 atom stereocenters. The Labute approximate surface area is 147 Å². The summed E-state index contributed by atoms with van der Waals surface area (Å²) in [4.78, 5) is 9.00. The van der Waals surface area contributed by atoms with Gasteiger partial charge in [-0.15, -0.1) is 0 Å². The highest BCUT2D eigenvalue weighted by atomic mass is 16.5. The van der Waals surface area contributed by atoms with E-state index in [2.05, 4.69) is 25.9 Å². The van der Waals surface area contributed by atoms with Gasteiger partial charge in [0.15, 0.2) is 5.96 Å². The van der Waals surface area contributed by atoms with E-state index in [1.165, 1.54) is 0 Å². The number of hydrogen-bond acceptors (Lipinski definition) is 3. The molecule has 0 amide bonds. The fourth-order valence-electron chi connectivity index (χ4n) is 2.85. The van der Waals surface area contributed by atoms with E-state index in [1.807, 2.05) is 49.4 Å². The number of imidazole rings is 1. The zero-order valence-corrected chi connectivity index (χ0v) is 14.6. The number of nitrogens with zero attached hydrogens (tertiary/aromatic N) is 3. The molecule has 3 rings (SSSR count). The number of hydrogen-bond donors (Lipinski definition) is 2. The third-order valence-electron chi connectivity index (χ3n) is 4.03. The van der Waals surface area contributed by atoms with E-state index < -0.39 is 0 Å². The molecule has 0 aliphatic carbocycles. The molecule has 3 aromatic rings. The zero-order valence-electron chi connectivity index (χ0n) is 14.6. The molecule has 0 aliphatic heterocycles. The summed E-state index contributed by atoms with van der Waals surface area (Å²) in [6.07, 6.45) is 0. The molecule has 0 saturated carbocycles. The number of aromatic nitrogens is 2. The second-order valence-electron chi connectivity index (χ2n) is 5.78. The van der Waals surface area contributed by atoms with Crippen LogP contribution < -0.4 is 11.1 Å². The number of methoxy groups -OCH3 is 1. The summed E-state index contributed by atoms with van der Waals surface area (Å²) in [5.41, 5.74) is 10.1. The standard InChI is InChI=1S/C19H23N5O/c1-14-22-17-9-5-6-10-18(17)24(14)12-11-21-19(20)23-16-8-4-3-7-15(16)13-25-2/h3-10H,11-13H2,1-2H3,(H3,20,21,23). The largest absolute Gasteiger partial charge is 0.380 e. The van der Waals surface area contributed by atoms with Gasteiger partial charge in [-0.3, -0.25) is 4.99 Å². The number of aliphatic imine (C=N–C) groups is 1. The first kappa shape index (κ1) is 17.0. The van der Waals surface area contributed by atoms with Crippen molar-refractivity contribution in [2.45, 2.75) is 20.1 Å². The fourth-order valence-corrected chi connectivity index (χ4v) is 2.85. The number of anilines is 1. The van der Waals surface area contributed by atoms with Gasteiger partial charge >= 0.3 is 0 Å². The third kappa shape index (κ3) is 3.97. The minimum atomic E-state index is 0.394. The monoisotopic (exact) mass is 337 g/mol. The van der Waals surface area contributed by atoms with Crippen molar-refractivity contribution < 1.29 is 4.74 Å². The number of guanidine groups is 1. The molecule has 3 N–H and O–H groups in total. The molecule has 0 aliphatic rings. The highest BCUT2D eigenvalue weighted by molar-refractivity contribution is 5.93. The summed E-state index contributed by atoms with van der Waals surface area (Å²) in [6.45, 7) is 3.84. The zero-order chi connectivity index (χ0) is 17.6. The summed E-state index contributed by atoms with van der Waals surface area (Å²) in [6, 6.07) is 16.0. The normalized spacial score (nSPS) is 11.8. The number of benzene rings is 2. The Balaban J connectivity index is 1.67. The molecule has 0 spiro atoms. The van der Waals surface area contributed by atoms with E-state index in [1.54, 1.807) is 7.11 Å². The minimum Gasteiger partial charge on any atom is -0.380 e. The first-order valence-corrected chi connectivity index (χ1v) is 8.24. The van der Waals surface area contributed by atoms with Gasteiger partial charge in [-0.2, -0.15) is 0 Å². The van der Waals surface area contributed by atoms with Crippen LogP contribution in [0.1, 0.15) is 11.4 Å². The van der Waals surface area contributed by atoms with Crippen molar-refractivity contribution in [1.82, 2.24) is 9.55 Å². The molecule has 0 saturated heterocycles.